The van der Waals surface area contributed by atoms with Gasteiger partial charge in [-0.2, -0.15) is 0 Å². The number of nitrogens with one attached hydrogen (secondary N) is 1. The van der Waals surface area contributed by atoms with Crippen molar-refractivity contribution in [1.29, 1.82) is 0 Å². The smallest absolute Gasteiger partial charge is 0.123 e. The summed E-state index contributed by atoms with van der Waals surface area (Å²) in [5.74, 6) is -0.229. The molecule has 1 aromatic heterocycles. The molecule has 0 fully saturated rings. The van der Waals surface area contributed by atoms with Gasteiger partial charge in [0.1, 0.15) is 5.82 Å². The summed E-state index contributed by atoms with van der Waals surface area (Å²) in [4.78, 5) is 0. The van der Waals surface area contributed by atoms with Crippen molar-refractivity contribution < 1.29 is 4.39 Å². The number of hydrogen-bond donors (Lipinski definition) is 1. The van der Waals surface area contributed by atoms with Crippen molar-refractivity contribution >= 4 is 0 Å². The van der Waals surface area contributed by atoms with E-state index in [0.29, 0.717) is 13.1 Å². The minimum Gasteiger partial charge on any atom is -0.306 e. The van der Waals surface area contributed by atoms with Crippen LogP contribution in [0.25, 0.3) is 0 Å². The van der Waals surface area contributed by atoms with Gasteiger partial charge in [-0.05, 0) is 38.5 Å². The van der Waals surface area contributed by atoms with Gasteiger partial charge in [0.2, 0.25) is 0 Å². The molecular formula is C14H19FN4. The van der Waals surface area contributed by atoms with Crippen LogP contribution in [-0.2, 0) is 13.1 Å². The monoisotopic (exact) mass is 262 g/mol. The van der Waals surface area contributed by atoms with E-state index in [1.165, 1.54) is 12.1 Å². The fraction of sp³-hybridized carbons (Fsp3) is 0.429. The van der Waals surface area contributed by atoms with Crippen LogP contribution in [0.15, 0.2) is 30.5 Å². The third-order valence-electron chi connectivity index (χ3n) is 2.62. The van der Waals surface area contributed by atoms with Gasteiger partial charge in [-0.25, -0.2) is 9.07 Å². The normalized spacial score (nSPS) is 11.8. The Morgan fingerprint density at radius 1 is 1.32 bits per heavy atom. The molecule has 1 N–H and O–H groups in total. The Hall–Kier alpha value is -1.75. The largest absolute Gasteiger partial charge is 0.306 e. The van der Waals surface area contributed by atoms with E-state index in [-0.39, 0.29) is 11.4 Å². The average molecular weight is 262 g/mol. The molecule has 0 saturated heterocycles. The lowest BCUT2D eigenvalue weighted by molar-refractivity contribution is 0.421. The van der Waals surface area contributed by atoms with Crippen molar-refractivity contribution in [2.24, 2.45) is 0 Å². The van der Waals surface area contributed by atoms with Crippen molar-refractivity contribution in [2.75, 3.05) is 0 Å². The van der Waals surface area contributed by atoms with E-state index >= 15 is 0 Å². The van der Waals surface area contributed by atoms with E-state index in [1.54, 1.807) is 10.7 Å². The molecule has 0 saturated carbocycles. The maximum atomic E-state index is 13.1. The minimum atomic E-state index is -0.229. The Morgan fingerprint density at radius 2 is 2.11 bits per heavy atom. The summed E-state index contributed by atoms with van der Waals surface area (Å²) in [7, 11) is 0. The van der Waals surface area contributed by atoms with Crippen molar-refractivity contribution in [1.82, 2.24) is 20.3 Å². The van der Waals surface area contributed by atoms with E-state index in [9.17, 15) is 4.39 Å². The lowest BCUT2D eigenvalue weighted by Gasteiger charge is -2.19. The Kier molecular flexibility index (Phi) is 3.95. The summed E-state index contributed by atoms with van der Waals surface area (Å²) < 4.78 is 14.8. The van der Waals surface area contributed by atoms with Crippen LogP contribution in [0.5, 0.6) is 0 Å². The van der Waals surface area contributed by atoms with Crippen LogP contribution in [0.4, 0.5) is 4.39 Å². The SMILES string of the molecule is CC(C)(C)NCc1cn(Cc2cccc(F)c2)nn1. The van der Waals surface area contributed by atoms with Crippen molar-refractivity contribution in [3.8, 4) is 0 Å². The van der Waals surface area contributed by atoms with Crippen molar-refractivity contribution in [3.05, 3.63) is 47.5 Å². The predicted molar refractivity (Wildman–Crippen MR) is 72.1 cm³/mol. The zero-order chi connectivity index (χ0) is 13.9. The first-order valence-electron chi connectivity index (χ1n) is 6.31. The molecule has 2 rings (SSSR count). The molecule has 0 radical (unpaired) electrons. The van der Waals surface area contributed by atoms with Gasteiger partial charge in [-0.15, -0.1) is 5.10 Å². The lowest BCUT2D eigenvalue weighted by Crippen LogP contribution is -2.35. The molecule has 102 valence electrons. The van der Waals surface area contributed by atoms with Crippen LogP contribution in [-0.4, -0.2) is 20.5 Å². The molecule has 0 aliphatic rings. The number of rotatable bonds is 4. The number of aromatic nitrogens is 3. The molecule has 0 amide bonds. The maximum absolute atomic E-state index is 13.1. The van der Waals surface area contributed by atoms with Gasteiger partial charge in [0.25, 0.3) is 0 Å². The highest BCUT2D eigenvalue weighted by Crippen LogP contribution is 2.06. The maximum Gasteiger partial charge on any atom is 0.123 e. The molecule has 0 spiro atoms. The average Bonchev–Trinajstić information content (AvgIpc) is 2.73. The highest BCUT2D eigenvalue weighted by atomic mass is 19.1. The zero-order valence-corrected chi connectivity index (χ0v) is 11.5. The van der Waals surface area contributed by atoms with Crippen LogP contribution in [0.3, 0.4) is 0 Å². The zero-order valence-electron chi connectivity index (χ0n) is 11.5. The molecule has 1 heterocycles. The van der Waals surface area contributed by atoms with E-state index in [0.717, 1.165) is 11.3 Å². The summed E-state index contributed by atoms with van der Waals surface area (Å²) in [6, 6.07) is 6.51. The Labute approximate surface area is 112 Å². The first-order valence-corrected chi connectivity index (χ1v) is 6.31. The topological polar surface area (TPSA) is 42.7 Å². The molecule has 1 aromatic carbocycles. The second kappa shape index (κ2) is 5.48. The predicted octanol–water partition coefficient (Wildman–Crippen LogP) is 2.35. The standard InChI is InChI=1S/C14H19FN4/c1-14(2,3)16-8-13-10-19(18-17-13)9-11-5-4-6-12(15)7-11/h4-7,10,16H,8-9H2,1-3H3. The molecular weight excluding hydrogens is 243 g/mol. The van der Waals surface area contributed by atoms with Crippen LogP contribution in [0, 0.1) is 5.82 Å². The molecule has 0 aliphatic carbocycles. The quantitative estimate of drug-likeness (QED) is 0.919. The minimum absolute atomic E-state index is 0.0480. The van der Waals surface area contributed by atoms with Gasteiger partial charge in [0, 0.05) is 12.1 Å². The number of halogens is 1. The fourth-order valence-corrected chi connectivity index (χ4v) is 1.67. The second-order valence-electron chi connectivity index (χ2n) is 5.64. The molecule has 5 heteroatoms. The molecule has 0 bridgehead atoms. The van der Waals surface area contributed by atoms with Crippen LogP contribution >= 0.6 is 0 Å². The first-order chi connectivity index (χ1) is 8.92. The molecule has 0 aliphatic heterocycles. The van der Waals surface area contributed by atoms with Gasteiger partial charge in [-0.3, -0.25) is 0 Å². The molecule has 19 heavy (non-hydrogen) atoms. The van der Waals surface area contributed by atoms with E-state index < -0.39 is 0 Å². The van der Waals surface area contributed by atoms with E-state index in [1.807, 2.05) is 12.3 Å². The summed E-state index contributed by atoms with van der Waals surface area (Å²) in [5, 5.41) is 11.5. The van der Waals surface area contributed by atoms with Gasteiger partial charge < -0.3 is 5.32 Å². The number of benzene rings is 1. The van der Waals surface area contributed by atoms with Gasteiger partial charge in [-0.1, -0.05) is 17.3 Å². The summed E-state index contributed by atoms with van der Waals surface area (Å²) in [6.07, 6.45) is 1.88. The summed E-state index contributed by atoms with van der Waals surface area (Å²) in [5.41, 5.74) is 1.80. The molecule has 0 atom stereocenters. The third-order valence-corrected chi connectivity index (χ3v) is 2.62. The summed E-state index contributed by atoms with van der Waals surface area (Å²) in [6.45, 7) is 7.51. The fourth-order valence-electron chi connectivity index (χ4n) is 1.67. The Bertz CT molecular complexity index is 542. The Balaban J connectivity index is 1.97. The molecule has 2 aromatic rings. The van der Waals surface area contributed by atoms with Crippen LogP contribution in [0.2, 0.25) is 0 Å². The molecule has 0 unspecified atom stereocenters. The van der Waals surface area contributed by atoms with Crippen molar-refractivity contribution in [3.63, 3.8) is 0 Å². The Morgan fingerprint density at radius 3 is 2.79 bits per heavy atom. The molecule has 4 nitrogen and oxygen atoms in total. The highest BCUT2D eigenvalue weighted by molar-refractivity contribution is 5.16. The third kappa shape index (κ3) is 4.44. The number of nitrogens with zero attached hydrogens (tertiary/aromatic N) is 3. The first kappa shape index (κ1) is 13.7. The van der Waals surface area contributed by atoms with E-state index in [2.05, 4.69) is 36.4 Å². The lowest BCUT2D eigenvalue weighted by atomic mass is 10.1. The van der Waals surface area contributed by atoms with Crippen LogP contribution in [0.1, 0.15) is 32.0 Å². The number of hydrogen-bond acceptors (Lipinski definition) is 3. The van der Waals surface area contributed by atoms with Gasteiger partial charge in [0.15, 0.2) is 0 Å². The van der Waals surface area contributed by atoms with Crippen LogP contribution < -0.4 is 5.32 Å². The highest BCUT2D eigenvalue weighted by Gasteiger charge is 2.10. The van der Waals surface area contributed by atoms with E-state index in [4.69, 9.17) is 0 Å². The van der Waals surface area contributed by atoms with Gasteiger partial charge >= 0.3 is 0 Å². The second-order valence-corrected chi connectivity index (χ2v) is 5.64. The van der Waals surface area contributed by atoms with Gasteiger partial charge in [0.05, 0.1) is 18.4 Å². The summed E-state index contributed by atoms with van der Waals surface area (Å²) >= 11 is 0. The van der Waals surface area contributed by atoms with Crippen molar-refractivity contribution in [2.45, 2.75) is 39.4 Å².